The lowest BCUT2D eigenvalue weighted by molar-refractivity contribution is 0.629. The van der Waals surface area contributed by atoms with Crippen molar-refractivity contribution in [3.63, 3.8) is 0 Å². The standard InChI is InChI=1S/C22H20ClF/c1-3-16-4-13-21(22(24)14-16)19-7-5-17(6-8-19)15(2)18-9-11-20(23)12-10-18/h4-15H,3H2,1-2H3. The highest BCUT2D eigenvalue weighted by atomic mass is 35.5. The summed E-state index contributed by atoms with van der Waals surface area (Å²) in [6, 6.07) is 21.5. The number of hydrogen-bond donors (Lipinski definition) is 0. The lowest BCUT2D eigenvalue weighted by Gasteiger charge is -2.14. The van der Waals surface area contributed by atoms with Gasteiger partial charge in [-0.1, -0.05) is 74.0 Å². The van der Waals surface area contributed by atoms with Gasteiger partial charge >= 0.3 is 0 Å². The summed E-state index contributed by atoms with van der Waals surface area (Å²) in [5.41, 5.74) is 4.99. The molecule has 0 aromatic heterocycles. The highest BCUT2D eigenvalue weighted by molar-refractivity contribution is 6.30. The number of halogens is 2. The van der Waals surface area contributed by atoms with E-state index in [0.717, 1.165) is 22.6 Å². The Hall–Kier alpha value is -2.12. The second kappa shape index (κ2) is 7.19. The number of aryl methyl sites for hydroxylation is 1. The molecule has 0 aliphatic rings. The minimum absolute atomic E-state index is 0.159. The molecular formula is C22H20ClF. The number of benzene rings is 3. The van der Waals surface area contributed by atoms with Crippen LogP contribution in [-0.2, 0) is 6.42 Å². The van der Waals surface area contributed by atoms with Gasteiger partial charge in [-0.05, 0) is 46.9 Å². The van der Waals surface area contributed by atoms with Crippen LogP contribution >= 0.6 is 11.6 Å². The molecular weight excluding hydrogens is 319 g/mol. The summed E-state index contributed by atoms with van der Waals surface area (Å²) in [6.45, 7) is 4.19. The van der Waals surface area contributed by atoms with Gasteiger partial charge in [-0.3, -0.25) is 0 Å². The van der Waals surface area contributed by atoms with Crippen molar-refractivity contribution in [3.05, 3.63) is 94.3 Å². The second-order valence-electron chi connectivity index (χ2n) is 6.06. The monoisotopic (exact) mass is 338 g/mol. The Morgan fingerprint density at radius 2 is 1.46 bits per heavy atom. The smallest absolute Gasteiger partial charge is 0.131 e. The van der Waals surface area contributed by atoms with E-state index in [1.54, 1.807) is 6.07 Å². The molecule has 0 aliphatic carbocycles. The lowest BCUT2D eigenvalue weighted by Crippen LogP contribution is -1.96. The summed E-state index contributed by atoms with van der Waals surface area (Å²) in [6.07, 6.45) is 0.842. The molecule has 1 unspecified atom stereocenters. The van der Waals surface area contributed by atoms with Gasteiger partial charge in [0.15, 0.2) is 0 Å². The largest absolute Gasteiger partial charge is 0.206 e. The first-order valence-corrected chi connectivity index (χ1v) is 8.60. The zero-order valence-corrected chi connectivity index (χ0v) is 14.6. The Morgan fingerprint density at radius 1 is 0.875 bits per heavy atom. The van der Waals surface area contributed by atoms with E-state index in [4.69, 9.17) is 11.6 Å². The van der Waals surface area contributed by atoms with Crippen LogP contribution in [-0.4, -0.2) is 0 Å². The molecule has 3 aromatic rings. The van der Waals surface area contributed by atoms with Crippen LogP contribution in [0, 0.1) is 5.82 Å². The van der Waals surface area contributed by atoms with Crippen molar-refractivity contribution in [1.82, 2.24) is 0 Å². The molecule has 0 radical (unpaired) electrons. The van der Waals surface area contributed by atoms with Crippen LogP contribution in [0.3, 0.4) is 0 Å². The first-order valence-electron chi connectivity index (χ1n) is 8.22. The molecule has 0 spiro atoms. The first-order chi connectivity index (χ1) is 11.6. The average molecular weight is 339 g/mol. The third-order valence-electron chi connectivity index (χ3n) is 4.53. The van der Waals surface area contributed by atoms with Crippen molar-refractivity contribution in [2.75, 3.05) is 0 Å². The molecule has 0 amide bonds. The maximum absolute atomic E-state index is 14.3. The van der Waals surface area contributed by atoms with Crippen LogP contribution in [0.15, 0.2) is 66.7 Å². The van der Waals surface area contributed by atoms with Crippen LogP contribution in [0.5, 0.6) is 0 Å². The van der Waals surface area contributed by atoms with E-state index in [1.165, 1.54) is 11.1 Å². The molecule has 0 nitrogen and oxygen atoms in total. The lowest BCUT2D eigenvalue weighted by atomic mass is 9.91. The SMILES string of the molecule is CCc1ccc(-c2ccc(C(C)c3ccc(Cl)cc3)cc2)c(F)c1. The van der Waals surface area contributed by atoms with E-state index in [9.17, 15) is 4.39 Å². The number of hydrogen-bond acceptors (Lipinski definition) is 0. The Bertz CT molecular complexity index is 820. The molecule has 24 heavy (non-hydrogen) atoms. The van der Waals surface area contributed by atoms with Gasteiger partial charge in [0.05, 0.1) is 0 Å². The van der Waals surface area contributed by atoms with Crippen LogP contribution in [0.25, 0.3) is 11.1 Å². The van der Waals surface area contributed by atoms with Gasteiger partial charge in [0.2, 0.25) is 0 Å². The van der Waals surface area contributed by atoms with Gasteiger partial charge in [0, 0.05) is 16.5 Å². The van der Waals surface area contributed by atoms with Gasteiger partial charge in [0.25, 0.3) is 0 Å². The quantitative estimate of drug-likeness (QED) is 0.487. The first kappa shape index (κ1) is 16.7. The predicted molar refractivity (Wildman–Crippen MR) is 100 cm³/mol. The highest BCUT2D eigenvalue weighted by Crippen LogP contribution is 2.29. The topological polar surface area (TPSA) is 0 Å². The summed E-state index contributed by atoms with van der Waals surface area (Å²) in [5, 5.41) is 0.743. The van der Waals surface area contributed by atoms with Crippen molar-refractivity contribution in [1.29, 1.82) is 0 Å². The molecule has 0 fully saturated rings. The minimum atomic E-state index is -0.159. The summed E-state index contributed by atoms with van der Waals surface area (Å²) in [4.78, 5) is 0. The molecule has 2 heteroatoms. The third-order valence-corrected chi connectivity index (χ3v) is 4.79. The summed E-state index contributed by atoms with van der Waals surface area (Å²) in [7, 11) is 0. The van der Waals surface area contributed by atoms with Gasteiger partial charge in [0.1, 0.15) is 5.82 Å². The van der Waals surface area contributed by atoms with Crippen LogP contribution in [0.1, 0.15) is 36.5 Å². The second-order valence-corrected chi connectivity index (χ2v) is 6.50. The fourth-order valence-electron chi connectivity index (χ4n) is 2.91. The van der Waals surface area contributed by atoms with E-state index in [-0.39, 0.29) is 11.7 Å². The van der Waals surface area contributed by atoms with E-state index in [1.807, 2.05) is 55.5 Å². The maximum Gasteiger partial charge on any atom is 0.131 e. The fraction of sp³-hybridized carbons (Fsp3) is 0.182. The number of rotatable bonds is 4. The molecule has 0 heterocycles. The Morgan fingerprint density at radius 3 is 2.00 bits per heavy atom. The molecule has 0 saturated heterocycles. The van der Waals surface area contributed by atoms with Gasteiger partial charge in [-0.2, -0.15) is 0 Å². The van der Waals surface area contributed by atoms with E-state index >= 15 is 0 Å². The van der Waals surface area contributed by atoms with Crippen LogP contribution in [0.4, 0.5) is 4.39 Å². The van der Waals surface area contributed by atoms with E-state index in [0.29, 0.717) is 5.56 Å². The van der Waals surface area contributed by atoms with Crippen LogP contribution in [0.2, 0.25) is 5.02 Å². The summed E-state index contributed by atoms with van der Waals surface area (Å²) >= 11 is 5.95. The van der Waals surface area contributed by atoms with Gasteiger partial charge < -0.3 is 0 Å². The van der Waals surface area contributed by atoms with E-state index in [2.05, 4.69) is 19.1 Å². The van der Waals surface area contributed by atoms with Gasteiger partial charge in [-0.25, -0.2) is 4.39 Å². The molecule has 3 rings (SSSR count). The molecule has 122 valence electrons. The van der Waals surface area contributed by atoms with Crippen molar-refractivity contribution < 1.29 is 4.39 Å². The van der Waals surface area contributed by atoms with Gasteiger partial charge in [-0.15, -0.1) is 0 Å². The third kappa shape index (κ3) is 3.52. The summed E-state index contributed by atoms with van der Waals surface area (Å²) < 4.78 is 14.3. The van der Waals surface area contributed by atoms with Crippen molar-refractivity contribution in [2.24, 2.45) is 0 Å². The maximum atomic E-state index is 14.3. The van der Waals surface area contributed by atoms with Crippen molar-refractivity contribution >= 4 is 11.6 Å². The molecule has 1 atom stereocenters. The highest BCUT2D eigenvalue weighted by Gasteiger charge is 2.10. The Labute approximate surface area is 147 Å². The molecule has 0 aliphatic heterocycles. The fourth-order valence-corrected chi connectivity index (χ4v) is 3.03. The van der Waals surface area contributed by atoms with Crippen LogP contribution < -0.4 is 0 Å². The Kier molecular flexibility index (Phi) is 5.01. The molecule has 3 aromatic carbocycles. The summed E-state index contributed by atoms with van der Waals surface area (Å²) in [5.74, 6) is 0.108. The molecule has 0 bridgehead atoms. The Balaban J connectivity index is 1.86. The predicted octanol–water partition coefficient (Wildman–Crippen LogP) is 6.86. The van der Waals surface area contributed by atoms with Crippen molar-refractivity contribution in [3.8, 4) is 11.1 Å². The zero-order valence-electron chi connectivity index (χ0n) is 13.9. The van der Waals surface area contributed by atoms with E-state index < -0.39 is 0 Å². The van der Waals surface area contributed by atoms with Crippen molar-refractivity contribution in [2.45, 2.75) is 26.2 Å². The molecule has 0 saturated carbocycles. The molecule has 0 N–H and O–H groups in total. The average Bonchev–Trinajstić information content (AvgIpc) is 2.62. The zero-order chi connectivity index (χ0) is 17.1. The minimum Gasteiger partial charge on any atom is -0.206 e. The normalized spacial score (nSPS) is 12.2.